The fraction of sp³-hybridized carbons (Fsp3) is 0.133. The molecule has 0 aliphatic carbocycles. The number of ether oxygens (including phenoxy) is 1. The van der Waals surface area contributed by atoms with Gasteiger partial charge in [-0.1, -0.05) is 12.1 Å². The highest BCUT2D eigenvalue weighted by Gasteiger charge is 2.06. The molecule has 0 unspecified atom stereocenters. The van der Waals surface area contributed by atoms with Crippen molar-refractivity contribution >= 4 is 44.3 Å². The Kier molecular flexibility index (Phi) is 4.99. The molecule has 0 radical (unpaired) electrons. The van der Waals surface area contributed by atoms with Gasteiger partial charge in [0.1, 0.15) is 12.4 Å². The highest BCUT2D eigenvalue weighted by Crippen LogP contribution is 2.24. The number of carbonyl (C=O) groups is 1. The van der Waals surface area contributed by atoms with Crippen LogP contribution >= 0.6 is 38.5 Å². The molecule has 0 aliphatic heterocycles. The van der Waals surface area contributed by atoms with E-state index < -0.39 is 0 Å². The van der Waals surface area contributed by atoms with Crippen molar-refractivity contribution in [2.45, 2.75) is 13.5 Å². The van der Waals surface area contributed by atoms with Crippen LogP contribution < -0.4 is 4.74 Å². The van der Waals surface area contributed by atoms with E-state index in [0.29, 0.717) is 12.2 Å². The molecule has 0 N–H and O–H groups in total. The third kappa shape index (κ3) is 4.04. The molecular formula is C15H12BrIO2. The summed E-state index contributed by atoms with van der Waals surface area (Å²) in [6, 6.07) is 13.6. The van der Waals surface area contributed by atoms with Crippen molar-refractivity contribution in [2.75, 3.05) is 0 Å². The number of hydrogen-bond donors (Lipinski definition) is 0. The minimum absolute atomic E-state index is 0.0380. The van der Waals surface area contributed by atoms with E-state index in [4.69, 9.17) is 4.74 Å². The fourth-order valence-corrected chi connectivity index (χ4v) is 2.61. The van der Waals surface area contributed by atoms with Gasteiger partial charge in [0.15, 0.2) is 5.78 Å². The van der Waals surface area contributed by atoms with E-state index in [2.05, 4.69) is 38.5 Å². The number of carbonyl (C=O) groups excluding carboxylic acids is 1. The quantitative estimate of drug-likeness (QED) is 0.512. The van der Waals surface area contributed by atoms with Crippen LogP contribution in [0.3, 0.4) is 0 Å². The lowest BCUT2D eigenvalue weighted by molar-refractivity contribution is 0.101. The molecule has 2 nitrogen and oxygen atoms in total. The van der Waals surface area contributed by atoms with E-state index in [1.54, 1.807) is 13.0 Å². The molecule has 0 aliphatic rings. The molecule has 0 fully saturated rings. The van der Waals surface area contributed by atoms with Crippen LogP contribution in [-0.2, 0) is 6.61 Å². The van der Waals surface area contributed by atoms with E-state index in [0.717, 1.165) is 15.8 Å². The summed E-state index contributed by atoms with van der Waals surface area (Å²) in [6.45, 7) is 2.06. The van der Waals surface area contributed by atoms with Crippen molar-refractivity contribution in [3.05, 3.63) is 61.6 Å². The molecular weight excluding hydrogens is 419 g/mol. The number of hydrogen-bond acceptors (Lipinski definition) is 2. The van der Waals surface area contributed by atoms with Crippen molar-refractivity contribution in [2.24, 2.45) is 0 Å². The summed E-state index contributed by atoms with van der Waals surface area (Å²) < 4.78 is 7.67. The molecule has 2 aromatic carbocycles. The maximum atomic E-state index is 11.3. The van der Waals surface area contributed by atoms with Crippen LogP contribution in [-0.4, -0.2) is 5.78 Å². The Morgan fingerprint density at radius 3 is 2.47 bits per heavy atom. The zero-order chi connectivity index (χ0) is 13.8. The van der Waals surface area contributed by atoms with Crippen molar-refractivity contribution in [1.29, 1.82) is 0 Å². The standard InChI is InChI=1S/C15H12BrIO2/c1-10(18)14-7-6-13(8-15(14)16)19-9-11-2-4-12(17)5-3-11/h2-8H,9H2,1H3. The molecule has 2 aromatic rings. The Morgan fingerprint density at radius 1 is 1.21 bits per heavy atom. The lowest BCUT2D eigenvalue weighted by Gasteiger charge is -2.08. The van der Waals surface area contributed by atoms with E-state index >= 15 is 0 Å². The number of rotatable bonds is 4. The van der Waals surface area contributed by atoms with Crippen molar-refractivity contribution in [3.63, 3.8) is 0 Å². The molecule has 0 saturated carbocycles. The van der Waals surface area contributed by atoms with Gasteiger partial charge < -0.3 is 4.74 Å². The first-order valence-electron chi connectivity index (χ1n) is 5.74. The first kappa shape index (κ1) is 14.5. The molecule has 0 atom stereocenters. The summed E-state index contributed by atoms with van der Waals surface area (Å²) in [6.07, 6.45) is 0. The van der Waals surface area contributed by atoms with Gasteiger partial charge in [0.2, 0.25) is 0 Å². The Hall–Kier alpha value is -0.880. The Labute approximate surface area is 134 Å². The third-order valence-corrected chi connectivity index (χ3v) is 4.01. The molecule has 98 valence electrons. The summed E-state index contributed by atoms with van der Waals surface area (Å²) in [5, 5.41) is 0. The summed E-state index contributed by atoms with van der Waals surface area (Å²) in [4.78, 5) is 11.3. The Morgan fingerprint density at radius 2 is 1.89 bits per heavy atom. The van der Waals surface area contributed by atoms with E-state index in [-0.39, 0.29) is 5.78 Å². The van der Waals surface area contributed by atoms with Crippen LogP contribution in [0.5, 0.6) is 5.75 Å². The Balaban J connectivity index is 2.06. The van der Waals surface area contributed by atoms with Crippen molar-refractivity contribution < 1.29 is 9.53 Å². The topological polar surface area (TPSA) is 26.3 Å². The van der Waals surface area contributed by atoms with Gasteiger partial charge in [-0.15, -0.1) is 0 Å². The van der Waals surface area contributed by atoms with Crippen LogP contribution in [0.15, 0.2) is 46.9 Å². The maximum Gasteiger partial charge on any atom is 0.160 e. The zero-order valence-corrected chi connectivity index (χ0v) is 14.1. The van der Waals surface area contributed by atoms with Crippen LogP contribution in [0.25, 0.3) is 0 Å². The minimum atomic E-state index is 0.0380. The summed E-state index contributed by atoms with van der Waals surface area (Å²) in [5.74, 6) is 0.784. The molecule has 0 heterocycles. The summed E-state index contributed by atoms with van der Waals surface area (Å²) in [5.41, 5.74) is 1.79. The summed E-state index contributed by atoms with van der Waals surface area (Å²) in [7, 11) is 0. The summed E-state index contributed by atoms with van der Waals surface area (Å²) >= 11 is 5.65. The van der Waals surface area contributed by atoms with Gasteiger partial charge in [0, 0.05) is 13.6 Å². The average molecular weight is 431 g/mol. The average Bonchev–Trinajstić information content (AvgIpc) is 2.37. The van der Waals surface area contributed by atoms with Crippen LogP contribution in [0, 0.1) is 3.57 Å². The van der Waals surface area contributed by atoms with Gasteiger partial charge in [-0.3, -0.25) is 4.79 Å². The minimum Gasteiger partial charge on any atom is -0.489 e. The smallest absolute Gasteiger partial charge is 0.160 e. The van der Waals surface area contributed by atoms with Crippen LogP contribution in [0.2, 0.25) is 0 Å². The van der Waals surface area contributed by atoms with Crippen LogP contribution in [0.4, 0.5) is 0 Å². The predicted octanol–water partition coefficient (Wildman–Crippen LogP) is 4.84. The van der Waals surface area contributed by atoms with Crippen molar-refractivity contribution in [1.82, 2.24) is 0 Å². The van der Waals surface area contributed by atoms with Gasteiger partial charge in [-0.2, -0.15) is 0 Å². The van der Waals surface area contributed by atoms with Crippen LogP contribution in [0.1, 0.15) is 22.8 Å². The lowest BCUT2D eigenvalue weighted by Crippen LogP contribution is -1.98. The first-order chi connectivity index (χ1) is 9.06. The molecule has 0 bridgehead atoms. The predicted molar refractivity (Wildman–Crippen MR) is 87.6 cm³/mol. The van der Waals surface area contributed by atoms with E-state index in [1.807, 2.05) is 36.4 Å². The van der Waals surface area contributed by atoms with Crippen molar-refractivity contribution in [3.8, 4) is 5.75 Å². The highest BCUT2D eigenvalue weighted by atomic mass is 127. The molecule has 4 heteroatoms. The number of ketones is 1. The molecule has 2 rings (SSSR count). The van der Waals surface area contributed by atoms with E-state index in [9.17, 15) is 4.79 Å². The molecule has 0 amide bonds. The second kappa shape index (κ2) is 6.52. The fourth-order valence-electron chi connectivity index (χ4n) is 1.62. The van der Waals surface area contributed by atoms with E-state index in [1.165, 1.54) is 3.57 Å². The number of benzene rings is 2. The first-order valence-corrected chi connectivity index (χ1v) is 7.61. The van der Waals surface area contributed by atoms with Gasteiger partial charge >= 0.3 is 0 Å². The third-order valence-electron chi connectivity index (χ3n) is 2.64. The molecule has 0 aromatic heterocycles. The number of Topliss-reactive ketones (excluding diaryl/α,β-unsaturated/α-hetero) is 1. The second-order valence-electron chi connectivity index (χ2n) is 4.11. The second-order valence-corrected chi connectivity index (χ2v) is 6.21. The van der Waals surface area contributed by atoms with Gasteiger partial charge in [0.05, 0.1) is 0 Å². The number of halogens is 2. The normalized spacial score (nSPS) is 10.3. The molecule has 19 heavy (non-hydrogen) atoms. The Bertz CT molecular complexity index is 594. The van der Waals surface area contributed by atoms with Gasteiger partial charge in [-0.05, 0) is 81.3 Å². The van der Waals surface area contributed by atoms with Gasteiger partial charge in [-0.25, -0.2) is 0 Å². The highest BCUT2D eigenvalue weighted by molar-refractivity contribution is 14.1. The lowest BCUT2D eigenvalue weighted by atomic mass is 10.1. The zero-order valence-electron chi connectivity index (χ0n) is 10.3. The molecule has 0 spiro atoms. The SMILES string of the molecule is CC(=O)c1ccc(OCc2ccc(I)cc2)cc1Br. The largest absolute Gasteiger partial charge is 0.489 e. The maximum absolute atomic E-state index is 11.3. The van der Waals surface area contributed by atoms with Gasteiger partial charge in [0.25, 0.3) is 0 Å². The monoisotopic (exact) mass is 430 g/mol. The molecule has 0 saturated heterocycles.